The molecule has 0 spiro atoms. The highest BCUT2D eigenvalue weighted by Crippen LogP contribution is 2.27. The summed E-state index contributed by atoms with van der Waals surface area (Å²) >= 11 is 0. The van der Waals surface area contributed by atoms with Gasteiger partial charge in [-0.1, -0.05) is 36.4 Å². The van der Waals surface area contributed by atoms with Crippen molar-refractivity contribution in [2.75, 3.05) is 5.32 Å². The van der Waals surface area contributed by atoms with Crippen molar-refractivity contribution in [2.45, 2.75) is 6.92 Å². The van der Waals surface area contributed by atoms with Crippen LogP contribution in [0.5, 0.6) is 0 Å². The molecule has 0 aromatic heterocycles. The van der Waals surface area contributed by atoms with Gasteiger partial charge in [-0.25, -0.2) is 4.79 Å². The van der Waals surface area contributed by atoms with Crippen LogP contribution in [0.25, 0.3) is 10.8 Å². The van der Waals surface area contributed by atoms with Crippen molar-refractivity contribution in [1.29, 1.82) is 0 Å². The molecule has 0 fully saturated rings. The predicted octanol–water partition coefficient (Wildman–Crippen LogP) is 4.59. The van der Waals surface area contributed by atoms with Crippen LogP contribution in [-0.2, 0) is 0 Å². The molecular formula is C18H15NO2. The minimum atomic E-state index is -0.899. The number of aromatic carboxylic acids is 1. The molecule has 104 valence electrons. The van der Waals surface area contributed by atoms with E-state index in [1.54, 1.807) is 19.1 Å². The summed E-state index contributed by atoms with van der Waals surface area (Å²) in [5, 5.41) is 14.7. The average molecular weight is 277 g/mol. The van der Waals surface area contributed by atoms with Gasteiger partial charge in [0.25, 0.3) is 0 Å². The number of carboxylic acids is 1. The Labute approximate surface area is 122 Å². The van der Waals surface area contributed by atoms with Gasteiger partial charge in [0.05, 0.1) is 5.56 Å². The lowest BCUT2D eigenvalue weighted by atomic mass is 10.1. The summed E-state index contributed by atoms with van der Waals surface area (Å²) in [4.78, 5) is 11.0. The van der Waals surface area contributed by atoms with Gasteiger partial charge in [0.2, 0.25) is 0 Å². The van der Waals surface area contributed by atoms with E-state index in [4.69, 9.17) is 5.11 Å². The molecule has 0 aliphatic heterocycles. The predicted molar refractivity (Wildman–Crippen MR) is 85.4 cm³/mol. The van der Waals surface area contributed by atoms with Crippen molar-refractivity contribution in [2.24, 2.45) is 0 Å². The van der Waals surface area contributed by atoms with E-state index in [-0.39, 0.29) is 0 Å². The lowest BCUT2D eigenvalue weighted by Crippen LogP contribution is -2.00. The first-order chi connectivity index (χ1) is 10.1. The van der Waals surface area contributed by atoms with Crippen LogP contribution in [0.4, 0.5) is 11.4 Å². The molecule has 0 bridgehead atoms. The molecule has 0 amide bonds. The molecule has 3 aromatic carbocycles. The number of benzene rings is 3. The molecule has 0 saturated carbocycles. The molecule has 21 heavy (non-hydrogen) atoms. The summed E-state index contributed by atoms with van der Waals surface area (Å²) in [5.41, 5.74) is 2.97. The van der Waals surface area contributed by atoms with E-state index in [0.29, 0.717) is 5.56 Å². The van der Waals surface area contributed by atoms with Gasteiger partial charge >= 0.3 is 5.97 Å². The van der Waals surface area contributed by atoms with E-state index >= 15 is 0 Å². The van der Waals surface area contributed by atoms with Crippen LogP contribution in [0.2, 0.25) is 0 Å². The first-order valence-electron chi connectivity index (χ1n) is 6.74. The second kappa shape index (κ2) is 5.29. The molecule has 2 N–H and O–H groups in total. The summed E-state index contributed by atoms with van der Waals surface area (Å²) in [5.74, 6) is -0.899. The SMILES string of the molecule is Cc1cc(Nc2cccc3ccccc23)ccc1C(=O)O. The normalized spacial score (nSPS) is 10.5. The van der Waals surface area contributed by atoms with E-state index in [0.717, 1.165) is 22.3 Å². The van der Waals surface area contributed by atoms with Gasteiger partial charge in [-0.05, 0) is 42.1 Å². The third-order valence-corrected chi connectivity index (χ3v) is 3.53. The number of anilines is 2. The van der Waals surface area contributed by atoms with E-state index in [1.165, 1.54) is 5.39 Å². The molecule has 0 saturated heterocycles. The Morgan fingerprint density at radius 2 is 1.76 bits per heavy atom. The quantitative estimate of drug-likeness (QED) is 0.736. The topological polar surface area (TPSA) is 49.3 Å². The number of hydrogen-bond donors (Lipinski definition) is 2. The number of rotatable bonds is 3. The van der Waals surface area contributed by atoms with Gasteiger partial charge < -0.3 is 10.4 Å². The van der Waals surface area contributed by atoms with Crippen molar-refractivity contribution < 1.29 is 9.90 Å². The largest absolute Gasteiger partial charge is 0.478 e. The maximum atomic E-state index is 11.0. The monoisotopic (exact) mass is 277 g/mol. The second-order valence-corrected chi connectivity index (χ2v) is 4.99. The zero-order chi connectivity index (χ0) is 14.8. The summed E-state index contributed by atoms with van der Waals surface area (Å²) in [6.07, 6.45) is 0. The van der Waals surface area contributed by atoms with Crippen molar-refractivity contribution in [1.82, 2.24) is 0 Å². The minimum Gasteiger partial charge on any atom is -0.478 e. The first kappa shape index (κ1) is 13.2. The fourth-order valence-corrected chi connectivity index (χ4v) is 2.47. The molecule has 3 aromatic rings. The second-order valence-electron chi connectivity index (χ2n) is 4.99. The average Bonchev–Trinajstić information content (AvgIpc) is 2.47. The molecule has 3 heteroatoms. The van der Waals surface area contributed by atoms with Gasteiger partial charge in [-0.15, -0.1) is 0 Å². The van der Waals surface area contributed by atoms with Crippen LogP contribution < -0.4 is 5.32 Å². The molecule has 0 heterocycles. The molecular weight excluding hydrogens is 262 g/mol. The van der Waals surface area contributed by atoms with E-state index < -0.39 is 5.97 Å². The summed E-state index contributed by atoms with van der Waals surface area (Å²) in [6.45, 7) is 1.80. The van der Waals surface area contributed by atoms with Crippen molar-refractivity contribution in [3.8, 4) is 0 Å². The third-order valence-electron chi connectivity index (χ3n) is 3.53. The standard InChI is InChI=1S/C18H15NO2/c1-12-11-14(9-10-15(12)18(20)21)19-17-8-4-6-13-5-2-3-7-16(13)17/h2-11,19H,1H3,(H,20,21). The number of carboxylic acid groups (broad SMARTS) is 1. The van der Waals surface area contributed by atoms with E-state index in [9.17, 15) is 4.79 Å². The highest BCUT2D eigenvalue weighted by molar-refractivity contribution is 5.95. The molecule has 3 nitrogen and oxygen atoms in total. The smallest absolute Gasteiger partial charge is 0.335 e. The Morgan fingerprint density at radius 3 is 2.52 bits per heavy atom. The van der Waals surface area contributed by atoms with E-state index in [1.807, 2.05) is 30.3 Å². The molecule has 0 aliphatic rings. The van der Waals surface area contributed by atoms with Gasteiger partial charge in [-0.3, -0.25) is 0 Å². The Morgan fingerprint density at radius 1 is 1.00 bits per heavy atom. The number of fused-ring (bicyclic) bond motifs is 1. The van der Waals surface area contributed by atoms with Gasteiger partial charge in [-0.2, -0.15) is 0 Å². The highest BCUT2D eigenvalue weighted by Gasteiger charge is 2.07. The van der Waals surface area contributed by atoms with Crippen molar-refractivity contribution in [3.05, 3.63) is 71.8 Å². The lowest BCUT2D eigenvalue weighted by Gasteiger charge is -2.11. The molecule has 0 unspecified atom stereocenters. The Balaban J connectivity index is 1.99. The number of hydrogen-bond acceptors (Lipinski definition) is 2. The van der Waals surface area contributed by atoms with Gasteiger partial charge in [0.15, 0.2) is 0 Å². The van der Waals surface area contributed by atoms with Crippen molar-refractivity contribution in [3.63, 3.8) is 0 Å². The summed E-state index contributed by atoms with van der Waals surface area (Å²) < 4.78 is 0. The van der Waals surface area contributed by atoms with Crippen LogP contribution in [0.15, 0.2) is 60.7 Å². The van der Waals surface area contributed by atoms with Crippen LogP contribution >= 0.6 is 0 Å². The third kappa shape index (κ3) is 2.58. The first-order valence-corrected chi connectivity index (χ1v) is 6.74. The van der Waals surface area contributed by atoms with Gasteiger partial charge in [0, 0.05) is 16.8 Å². The van der Waals surface area contributed by atoms with Gasteiger partial charge in [0.1, 0.15) is 0 Å². The van der Waals surface area contributed by atoms with Crippen LogP contribution in [0.1, 0.15) is 15.9 Å². The molecule has 0 aliphatic carbocycles. The fraction of sp³-hybridized carbons (Fsp3) is 0.0556. The fourth-order valence-electron chi connectivity index (χ4n) is 2.47. The highest BCUT2D eigenvalue weighted by atomic mass is 16.4. The zero-order valence-corrected chi connectivity index (χ0v) is 11.6. The summed E-state index contributed by atoms with van der Waals surface area (Å²) in [6, 6.07) is 19.5. The molecule has 0 atom stereocenters. The number of nitrogens with one attached hydrogen (secondary N) is 1. The van der Waals surface area contributed by atoms with Crippen LogP contribution in [-0.4, -0.2) is 11.1 Å². The number of carbonyl (C=O) groups is 1. The molecule has 0 radical (unpaired) electrons. The van der Waals surface area contributed by atoms with Crippen LogP contribution in [0.3, 0.4) is 0 Å². The Bertz CT molecular complexity index is 819. The maximum Gasteiger partial charge on any atom is 0.335 e. The number of aryl methyl sites for hydroxylation is 1. The maximum absolute atomic E-state index is 11.0. The molecule has 3 rings (SSSR count). The lowest BCUT2D eigenvalue weighted by molar-refractivity contribution is 0.0696. The summed E-state index contributed by atoms with van der Waals surface area (Å²) in [7, 11) is 0. The minimum absolute atomic E-state index is 0.332. The van der Waals surface area contributed by atoms with Crippen molar-refractivity contribution >= 4 is 28.1 Å². The van der Waals surface area contributed by atoms with Crippen LogP contribution in [0, 0.1) is 6.92 Å². The Kier molecular flexibility index (Phi) is 3.32. The zero-order valence-electron chi connectivity index (χ0n) is 11.6. The Hall–Kier alpha value is -2.81. The van der Waals surface area contributed by atoms with E-state index in [2.05, 4.69) is 23.5 Å².